The molecule has 0 spiro atoms. The predicted octanol–water partition coefficient (Wildman–Crippen LogP) is 3.71. The maximum Gasteiger partial charge on any atom is 0.273 e. The van der Waals surface area contributed by atoms with Crippen LogP contribution in [0.25, 0.3) is 0 Å². The van der Waals surface area contributed by atoms with E-state index < -0.39 is 15.2 Å². The fraction of sp³-hybridized carbons (Fsp3) is 0.250. The van der Waals surface area contributed by atoms with Gasteiger partial charge in [0.25, 0.3) is 9.70 Å². The molecule has 98 valence electrons. The summed E-state index contributed by atoms with van der Waals surface area (Å²) >= 11 is 16.5. The molecule has 6 heteroatoms. The summed E-state index contributed by atoms with van der Waals surface area (Å²) in [6.45, 7) is 5.30. The summed E-state index contributed by atoms with van der Waals surface area (Å²) in [5, 5.41) is 2.54. The molecule has 0 radical (unpaired) electrons. The van der Waals surface area contributed by atoms with E-state index in [0.29, 0.717) is 5.56 Å². The first-order valence-corrected chi connectivity index (χ1v) is 6.11. The molecule has 0 bridgehead atoms. The van der Waals surface area contributed by atoms with Crippen molar-refractivity contribution in [3.8, 4) is 0 Å². The largest absolute Gasteiger partial charge is 0.340 e. The van der Waals surface area contributed by atoms with Crippen molar-refractivity contribution in [3.63, 3.8) is 0 Å². The van der Waals surface area contributed by atoms with Crippen molar-refractivity contribution in [1.82, 2.24) is 5.32 Å². The number of hydrogen-bond donors (Lipinski definition) is 1. The summed E-state index contributed by atoms with van der Waals surface area (Å²) in [4.78, 5) is 11.7. The topological polar surface area (TPSA) is 29.1 Å². The molecule has 0 aromatic heterocycles. The molecule has 2 nitrogen and oxygen atoms in total. The van der Waals surface area contributed by atoms with E-state index in [2.05, 4.69) is 11.9 Å². The van der Waals surface area contributed by atoms with Crippen LogP contribution in [0.3, 0.4) is 0 Å². The van der Waals surface area contributed by atoms with Gasteiger partial charge in [-0.25, -0.2) is 4.39 Å². The van der Waals surface area contributed by atoms with Gasteiger partial charge in [0, 0.05) is 0 Å². The molecule has 0 aliphatic rings. The minimum atomic E-state index is -2.07. The van der Waals surface area contributed by atoms with Crippen molar-refractivity contribution in [3.05, 3.63) is 48.3 Å². The van der Waals surface area contributed by atoms with Crippen LogP contribution in [-0.4, -0.2) is 9.70 Å². The molecule has 0 aliphatic carbocycles. The van der Waals surface area contributed by atoms with Gasteiger partial charge in [-0.2, -0.15) is 0 Å². The fourth-order valence-corrected chi connectivity index (χ4v) is 1.49. The molecule has 0 aliphatic heterocycles. The molecular formula is C12H11Cl3FNO. The lowest BCUT2D eigenvalue weighted by Crippen LogP contribution is -2.46. The number of nitrogens with one attached hydrogen (secondary N) is 1. The first-order valence-electron chi connectivity index (χ1n) is 4.98. The first kappa shape index (κ1) is 15.3. The Balaban J connectivity index is 3.03. The Bertz CT molecular complexity index is 455. The highest BCUT2D eigenvalue weighted by molar-refractivity contribution is 6.76. The highest BCUT2D eigenvalue weighted by Gasteiger charge is 2.36. The van der Waals surface area contributed by atoms with Crippen LogP contribution in [0.2, 0.25) is 0 Å². The number of alkyl halides is 3. The quantitative estimate of drug-likeness (QED) is 0.669. The van der Waals surface area contributed by atoms with Crippen molar-refractivity contribution in [2.75, 3.05) is 0 Å². The van der Waals surface area contributed by atoms with Gasteiger partial charge in [0.1, 0.15) is 5.82 Å². The van der Waals surface area contributed by atoms with E-state index in [1.54, 1.807) is 6.92 Å². The second-order valence-electron chi connectivity index (χ2n) is 3.87. The summed E-state index contributed by atoms with van der Waals surface area (Å²) in [5.41, 5.74) is -0.323. The number of benzene rings is 1. The second kappa shape index (κ2) is 5.47. The van der Waals surface area contributed by atoms with Crippen LogP contribution in [0.5, 0.6) is 0 Å². The van der Waals surface area contributed by atoms with Gasteiger partial charge in [0.05, 0.1) is 5.54 Å². The summed E-state index contributed by atoms with van der Waals surface area (Å²) in [6, 6.07) is 5.60. The molecular weight excluding hydrogens is 299 g/mol. The van der Waals surface area contributed by atoms with Crippen molar-refractivity contribution in [1.29, 1.82) is 0 Å². The number of carbonyl (C=O) groups is 1. The third-order valence-electron chi connectivity index (χ3n) is 2.48. The lowest BCUT2D eigenvalue weighted by Gasteiger charge is -2.29. The van der Waals surface area contributed by atoms with Crippen molar-refractivity contribution >= 4 is 40.7 Å². The fourth-order valence-electron chi connectivity index (χ4n) is 1.34. The summed E-state index contributed by atoms with van der Waals surface area (Å²) in [7, 11) is 0. The average Bonchev–Trinajstić information content (AvgIpc) is 2.28. The Hall–Kier alpha value is -0.770. The Morgan fingerprint density at radius 3 is 2.22 bits per heavy atom. The zero-order valence-electron chi connectivity index (χ0n) is 9.51. The van der Waals surface area contributed by atoms with Crippen molar-refractivity contribution in [2.24, 2.45) is 0 Å². The molecule has 1 amide bonds. The predicted molar refractivity (Wildman–Crippen MR) is 72.4 cm³/mol. The van der Waals surface area contributed by atoms with E-state index >= 15 is 0 Å². The average molecular weight is 311 g/mol. The molecule has 0 saturated heterocycles. The standard InChI is InChI=1S/C12H11Cl3FNO/c1-3-11(2,17-10(18)12(13,14)15)8-4-6-9(16)7-5-8/h3-7H,1H2,2H3,(H,17,18). The third-order valence-corrected chi connectivity index (χ3v) is 3.00. The Morgan fingerprint density at radius 1 is 1.33 bits per heavy atom. The molecule has 0 heterocycles. The molecule has 1 N–H and O–H groups in total. The molecule has 18 heavy (non-hydrogen) atoms. The van der Waals surface area contributed by atoms with Gasteiger partial charge in [0.2, 0.25) is 0 Å². The summed E-state index contributed by atoms with van der Waals surface area (Å²) in [6.07, 6.45) is 1.48. The van der Waals surface area contributed by atoms with Gasteiger partial charge in [-0.05, 0) is 24.6 Å². The number of rotatable bonds is 3. The maximum absolute atomic E-state index is 12.9. The van der Waals surface area contributed by atoms with Crippen LogP contribution in [0.15, 0.2) is 36.9 Å². The monoisotopic (exact) mass is 309 g/mol. The number of amides is 1. The van der Waals surface area contributed by atoms with Crippen LogP contribution in [0.1, 0.15) is 12.5 Å². The Morgan fingerprint density at radius 2 is 1.83 bits per heavy atom. The van der Waals surface area contributed by atoms with Gasteiger partial charge >= 0.3 is 0 Å². The minimum absolute atomic E-state index is 0.377. The molecule has 0 fully saturated rings. The zero-order valence-corrected chi connectivity index (χ0v) is 11.8. The lowest BCUT2D eigenvalue weighted by molar-refractivity contribution is -0.121. The molecule has 0 saturated carbocycles. The van der Waals surface area contributed by atoms with Crippen LogP contribution < -0.4 is 5.32 Å². The SMILES string of the molecule is C=CC(C)(NC(=O)C(Cl)(Cl)Cl)c1ccc(F)cc1. The van der Waals surface area contributed by atoms with E-state index in [1.807, 2.05) is 0 Å². The second-order valence-corrected chi connectivity index (χ2v) is 6.15. The van der Waals surface area contributed by atoms with Crippen molar-refractivity contribution < 1.29 is 9.18 Å². The number of carbonyl (C=O) groups excluding carboxylic acids is 1. The van der Waals surface area contributed by atoms with Gasteiger partial charge in [-0.3, -0.25) is 4.79 Å². The molecule has 1 atom stereocenters. The van der Waals surface area contributed by atoms with Gasteiger partial charge in [0.15, 0.2) is 0 Å². The van der Waals surface area contributed by atoms with E-state index in [1.165, 1.54) is 30.3 Å². The first-order chi connectivity index (χ1) is 8.19. The van der Waals surface area contributed by atoms with Crippen LogP contribution in [0.4, 0.5) is 4.39 Å². The van der Waals surface area contributed by atoms with Crippen LogP contribution >= 0.6 is 34.8 Å². The van der Waals surface area contributed by atoms with Crippen molar-refractivity contribution in [2.45, 2.75) is 16.3 Å². The van der Waals surface area contributed by atoms with Crippen LogP contribution in [0, 0.1) is 5.82 Å². The van der Waals surface area contributed by atoms with E-state index in [0.717, 1.165) is 0 Å². The molecule has 1 aromatic rings. The third kappa shape index (κ3) is 3.61. The normalized spacial score (nSPS) is 14.7. The van der Waals surface area contributed by atoms with Gasteiger partial charge < -0.3 is 5.32 Å². The Kier molecular flexibility index (Phi) is 4.65. The van der Waals surface area contributed by atoms with Crippen LogP contribution in [-0.2, 0) is 10.3 Å². The maximum atomic E-state index is 12.9. The number of hydrogen-bond acceptors (Lipinski definition) is 1. The smallest absolute Gasteiger partial charge is 0.273 e. The molecule has 1 unspecified atom stereocenters. The lowest BCUT2D eigenvalue weighted by atomic mass is 9.92. The molecule has 1 rings (SSSR count). The van der Waals surface area contributed by atoms with Gasteiger partial charge in [-0.15, -0.1) is 6.58 Å². The van der Waals surface area contributed by atoms with E-state index in [4.69, 9.17) is 34.8 Å². The van der Waals surface area contributed by atoms with Gasteiger partial charge in [-0.1, -0.05) is 53.0 Å². The van der Waals surface area contributed by atoms with E-state index in [9.17, 15) is 9.18 Å². The summed E-state index contributed by atoms with van der Waals surface area (Å²) in [5.74, 6) is -1.16. The Labute approximate surface area is 120 Å². The highest BCUT2D eigenvalue weighted by Crippen LogP contribution is 2.29. The zero-order chi connectivity index (χ0) is 14.0. The summed E-state index contributed by atoms with van der Waals surface area (Å²) < 4.78 is 10.8. The minimum Gasteiger partial charge on any atom is -0.340 e. The van der Waals surface area contributed by atoms with E-state index in [-0.39, 0.29) is 5.82 Å². The molecule has 1 aromatic carbocycles. The highest BCUT2D eigenvalue weighted by atomic mass is 35.6. The number of halogens is 4.